The lowest BCUT2D eigenvalue weighted by Gasteiger charge is -2.57. The third kappa shape index (κ3) is 2.98. The molecule has 1 aromatic carbocycles. The number of ether oxygens (including phenoxy) is 1. The molecule has 0 aromatic heterocycles. The molecule has 0 amide bonds. The minimum absolute atomic E-state index is 0.136. The van der Waals surface area contributed by atoms with E-state index in [9.17, 15) is 10.4 Å². The Balaban J connectivity index is 1.70. The van der Waals surface area contributed by atoms with Crippen LogP contribution < -0.4 is 10.1 Å². The van der Waals surface area contributed by atoms with Gasteiger partial charge in [0, 0.05) is 5.02 Å². The number of amidine groups is 1. The number of halogens is 1. The van der Waals surface area contributed by atoms with Gasteiger partial charge in [0.15, 0.2) is 6.19 Å². The van der Waals surface area contributed by atoms with Crippen LogP contribution in [0.1, 0.15) is 37.7 Å². The van der Waals surface area contributed by atoms with Crippen molar-refractivity contribution >= 4 is 17.4 Å². The molecule has 4 saturated carbocycles. The Kier molecular flexibility index (Phi) is 4.13. The van der Waals surface area contributed by atoms with Crippen LogP contribution in [0.15, 0.2) is 23.2 Å². The van der Waals surface area contributed by atoms with Crippen LogP contribution in [-0.4, -0.2) is 29.7 Å². The topological polar surface area (TPSA) is 77.6 Å². The second-order valence-electron chi connectivity index (χ2n) is 7.74. The van der Waals surface area contributed by atoms with E-state index in [1.165, 1.54) is 0 Å². The summed E-state index contributed by atoms with van der Waals surface area (Å²) in [4.78, 5) is 4.95. The smallest absolute Gasteiger partial charge is 0.182 e. The van der Waals surface area contributed by atoms with E-state index in [0.717, 1.165) is 32.1 Å². The third-order valence-electron chi connectivity index (χ3n) is 6.06. The molecular weight excluding hydrogens is 338 g/mol. The maximum Gasteiger partial charge on any atom is 0.182 e. The lowest BCUT2D eigenvalue weighted by Crippen LogP contribution is -2.56. The molecule has 5 rings (SSSR count). The lowest BCUT2D eigenvalue weighted by molar-refractivity contribution is -0.132. The number of aliphatic hydroxyl groups is 1. The molecule has 4 bridgehead atoms. The van der Waals surface area contributed by atoms with Crippen molar-refractivity contribution in [1.29, 1.82) is 5.26 Å². The Labute approximate surface area is 152 Å². The summed E-state index contributed by atoms with van der Waals surface area (Å²) in [6, 6.07) is 5.45. The first-order chi connectivity index (χ1) is 12.0. The number of rotatable bonds is 3. The maximum absolute atomic E-state index is 10.7. The number of hydrogen-bond acceptors (Lipinski definition) is 4. The monoisotopic (exact) mass is 359 g/mol. The van der Waals surface area contributed by atoms with Gasteiger partial charge in [-0.2, -0.15) is 5.26 Å². The van der Waals surface area contributed by atoms with E-state index in [4.69, 9.17) is 21.3 Å². The SMILES string of the molecule is COc1ccc(Cl)cc1C(=NC1C2CC3CC1CC(O)(C3)C2)NC#N. The molecule has 25 heavy (non-hydrogen) atoms. The van der Waals surface area contributed by atoms with Crippen molar-refractivity contribution < 1.29 is 9.84 Å². The van der Waals surface area contributed by atoms with Crippen molar-refractivity contribution in [3.63, 3.8) is 0 Å². The molecular formula is C19H22ClN3O2. The second-order valence-corrected chi connectivity index (χ2v) is 8.18. The quantitative estimate of drug-likeness (QED) is 0.376. The molecule has 0 radical (unpaired) electrons. The van der Waals surface area contributed by atoms with Gasteiger partial charge in [-0.25, -0.2) is 0 Å². The van der Waals surface area contributed by atoms with Gasteiger partial charge in [0.1, 0.15) is 11.6 Å². The van der Waals surface area contributed by atoms with Crippen LogP contribution in [0.5, 0.6) is 5.75 Å². The Morgan fingerprint density at radius 3 is 2.68 bits per heavy atom. The van der Waals surface area contributed by atoms with Gasteiger partial charge in [0.25, 0.3) is 0 Å². The van der Waals surface area contributed by atoms with Gasteiger partial charge < -0.3 is 9.84 Å². The fourth-order valence-corrected chi connectivity index (χ4v) is 5.57. The van der Waals surface area contributed by atoms with E-state index >= 15 is 0 Å². The van der Waals surface area contributed by atoms with E-state index in [1.807, 2.05) is 6.19 Å². The van der Waals surface area contributed by atoms with Gasteiger partial charge in [0.2, 0.25) is 0 Å². The first kappa shape index (κ1) is 16.7. The molecule has 0 saturated heterocycles. The second kappa shape index (κ2) is 6.19. The molecule has 4 aliphatic rings. The summed E-state index contributed by atoms with van der Waals surface area (Å²) >= 11 is 6.15. The average molecular weight is 360 g/mol. The molecule has 1 aromatic rings. The highest BCUT2D eigenvalue weighted by Gasteiger charge is 2.54. The maximum atomic E-state index is 10.7. The average Bonchev–Trinajstić information content (AvgIpc) is 2.55. The van der Waals surface area contributed by atoms with E-state index in [2.05, 4.69) is 5.32 Å². The summed E-state index contributed by atoms with van der Waals surface area (Å²) < 4.78 is 5.42. The molecule has 2 atom stereocenters. The Bertz CT molecular complexity index is 742. The molecule has 0 spiro atoms. The molecule has 2 unspecified atom stereocenters. The first-order valence-electron chi connectivity index (χ1n) is 8.80. The number of nitriles is 1. The zero-order valence-corrected chi connectivity index (χ0v) is 15.0. The Hall–Kier alpha value is -1.77. The summed E-state index contributed by atoms with van der Waals surface area (Å²) in [7, 11) is 1.59. The van der Waals surface area contributed by atoms with Gasteiger partial charge in [-0.3, -0.25) is 10.3 Å². The molecule has 4 aliphatic carbocycles. The Morgan fingerprint density at radius 2 is 2.08 bits per heavy atom. The van der Waals surface area contributed by atoms with Crippen molar-refractivity contribution in [2.45, 2.75) is 43.7 Å². The Morgan fingerprint density at radius 1 is 1.36 bits per heavy atom. The van der Waals surface area contributed by atoms with Crippen LogP contribution in [0, 0.1) is 29.2 Å². The highest BCUT2D eigenvalue weighted by molar-refractivity contribution is 6.31. The van der Waals surface area contributed by atoms with E-state index in [1.54, 1.807) is 25.3 Å². The third-order valence-corrected chi connectivity index (χ3v) is 6.30. The standard InChI is InChI=1S/C19H22ClN3O2/c1-25-16-3-2-14(20)6-15(16)18(22-10-21)23-17-12-4-11-5-13(17)9-19(24,7-11)8-12/h2-3,6,11-13,17,24H,4-5,7-9H2,1H3,(H,22,23). The summed E-state index contributed by atoms with van der Waals surface area (Å²) in [5.74, 6) is 2.54. The van der Waals surface area contributed by atoms with Crippen molar-refractivity contribution in [2.24, 2.45) is 22.7 Å². The zero-order chi connectivity index (χ0) is 17.6. The molecule has 132 valence electrons. The minimum Gasteiger partial charge on any atom is -0.496 e. The molecule has 6 heteroatoms. The van der Waals surface area contributed by atoms with Gasteiger partial charge >= 0.3 is 0 Å². The van der Waals surface area contributed by atoms with Crippen molar-refractivity contribution in [2.75, 3.05) is 7.11 Å². The number of methoxy groups -OCH3 is 1. The zero-order valence-electron chi connectivity index (χ0n) is 14.2. The number of benzene rings is 1. The fraction of sp³-hybridized carbons (Fsp3) is 0.579. The molecule has 4 fully saturated rings. The lowest BCUT2D eigenvalue weighted by atomic mass is 9.52. The molecule has 0 heterocycles. The van der Waals surface area contributed by atoms with Crippen LogP contribution in [0.4, 0.5) is 0 Å². The summed E-state index contributed by atoms with van der Waals surface area (Å²) in [6.07, 6.45) is 6.82. The van der Waals surface area contributed by atoms with Gasteiger partial charge in [-0.05, 0) is 68.1 Å². The molecule has 2 N–H and O–H groups in total. The number of aliphatic imine (C=N–C) groups is 1. The number of hydrogen-bond donors (Lipinski definition) is 2. The van der Waals surface area contributed by atoms with Crippen molar-refractivity contribution in [1.82, 2.24) is 5.32 Å². The normalized spacial score (nSPS) is 36.2. The van der Waals surface area contributed by atoms with Crippen molar-refractivity contribution in [3.8, 4) is 11.9 Å². The van der Waals surface area contributed by atoms with Crippen LogP contribution in [-0.2, 0) is 0 Å². The van der Waals surface area contributed by atoms with Gasteiger partial charge in [0.05, 0.1) is 24.3 Å². The highest BCUT2D eigenvalue weighted by Crippen LogP contribution is 2.56. The van der Waals surface area contributed by atoms with Crippen LogP contribution in [0.2, 0.25) is 5.02 Å². The molecule has 5 nitrogen and oxygen atoms in total. The van der Waals surface area contributed by atoms with Crippen LogP contribution >= 0.6 is 11.6 Å². The van der Waals surface area contributed by atoms with Crippen LogP contribution in [0.25, 0.3) is 0 Å². The fourth-order valence-electron chi connectivity index (χ4n) is 5.40. The largest absolute Gasteiger partial charge is 0.496 e. The minimum atomic E-state index is -0.487. The summed E-state index contributed by atoms with van der Waals surface area (Å²) in [5.41, 5.74) is 0.211. The van der Waals surface area contributed by atoms with E-state index < -0.39 is 5.60 Å². The number of nitrogens with zero attached hydrogens (tertiary/aromatic N) is 2. The predicted octanol–water partition coefficient (Wildman–Crippen LogP) is 3.11. The van der Waals surface area contributed by atoms with E-state index in [-0.39, 0.29) is 6.04 Å². The van der Waals surface area contributed by atoms with Crippen molar-refractivity contribution in [3.05, 3.63) is 28.8 Å². The first-order valence-corrected chi connectivity index (χ1v) is 9.18. The predicted molar refractivity (Wildman–Crippen MR) is 95.6 cm³/mol. The highest BCUT2D eigenvalue weighted by atomic mass is 35.5. The summed E-state index contributed by atoms with van der Waals surface area (Å²) in [6.45, 7) is 0. The molecule has 0 aliphatic heterocycles. The van der Waals surface area contributed by atoms with Crippen LogP contribution in [0.3, 0.4) is 0 Å². The van der Waals surface area contributed by atoms with E-state index in [0.29, 0.717) is 39.9 Å². The number of nitrogens with one attached hydrogen (secondary N) is 1. The summed E-state index contributed by atoms with van der Waals surface area (Å²) in [5, 5.41) is 23.2. The van der Waals surface area contributed by atoms with Gasteiger partial charge in [-0.1, -0.05) is 11.6 Å². The van der Waals surface area contributed by atoms with Gasteiger partial charge in [-0.15, -0.1) is 0 Å².